The third kappa shape index (κ3) is 2.14. The summed E-state index contributed by atoms with van der Waals surface area (Å²) in [6, 6.07) is 9.42. The summed E-state index contributed by atoms with van der Waals surface area (Å²) in [5.41, 5.74) is 3.32. The predicted molar refractivity (Wildman–Crippen MR) is 73.7 cm³/mol. The quantitative estimate of drug-likeness (QED) is 0.563. The molecule has 0 fully saturated rings. The Morgan fingerprint density at radius 3 is 2.79 bits per heavy atom. The van der Waals surface area contributed by atoms with Gasteiger partial charge in [-0.3, -0.25) is 15.9 Å². The van der Waals surface area contributed by atoms with Gasteiger partial charge in [0.15, 0.2) is 0 Å². The monoisotopic (exact) mass is 253 g/mol. The summed E-state index contributed by atoms with van der Waals surface area (Å²) in [4.78, 5) is 1.91. The maximum atomic E-state index is 8.19. The number of hydrogen-bond donors (Lipinski definition) is 3. The molecule has 19 heavy (non-hydrogen) atoms. The molecule has 0 saturated carbocycles. The highest BCUT2D eigenvalue weighted by atomic mass is 15.2. The van der Waals surface area contributed by atoms with Gasteiger partial charge in [-0.25, -0.2) is 0 Å². The molecule has 0 unspecified atom stereocenters. The minimum absolute atomic E-state index is 0.267. The summed E-state index contributed by atoms with van der Waals surface area (Å²) in [5.74, 6) is 0.270. The van der Waals surface area contributed by atoms with E-state index in [-0.39, 0.29) is 11.5 Å². The first-order chi connectivity index (χ1) is 9.25. The molecule has 1 aliphatic heterocycles. The van der Waals surface area contributed by atoms with Crippen LogP contribution < -0.4 is 0 Å². The Labute approximate surface area is 111 Å². The summed E-state index contributed by atoms with van der Waals surface area (Å²) in [5, 5.41) is 23.3. The molecule has 3 N–H and O–H groups in total. The average Bonchev–Trinajstić information content (AvgIpc) is 2.94. The number of nitrogens with one attached hydrogen (secondary N) is 3. The molecule has 0 bridgehead atoms. The zero-order valence-electron chi connectivity index (χ0n) is 10.5. The predicted octanol–water partition coefficient (Wildman–Crippen LogP) is 1.81. The molecule has 0 spiro atoms. The van der Waals surface area contributed by atoms with E-state index in [0.29, 0.717) is 6.54 Å². The van der Waals surface area contributed by atoms with Crippen LogP contribution in [0.4, 0.5) is 0 Å². The fraction of sp³-hybridized carbons (Fsp3) is 0.214. The van der Waals surface area contributed by atoms with Gasteiger partial charge in [-0.05, 0) is 12.0 Å². The molecule has 3 rings (SSSR count). The highest BCUT2D eigenvalue weighted by Crippen LogP contribution is 2.17. The van der Waals surface area contributed by atoms with Gasteiger partial charge < -0.3 is 4.90 Å². The van der Waals surface area contributed by atoms with Gasteiger partial charge in [-0.15, -0.1) is 0 Å². The minimum atomic E-state index is 0.267. The lowest BCUT2D eigenvalue weighted by molar-refractivity contribution is 0.391. The van der Waals surface area contributed by atoms with Crippen LogP contribution in [0.1, 0.15) is 16.8 Å². The van der Waals surface area contributed by atoms with Crippen LogP contribution in [-0.2, 0) is 13.0 Å². The van der Waals surface area contributed by atoms with E-state index in [1.54, 1.807) is 0 Å². The molecular formula is C14H15N5. The standard InChI is InChI=1S/C14H15N5/c15-13(10-4-2-1-3-5-10)14(16)19-7-6-11-8-17-18-12(11)9-19/h1-5,8,15-16H,6-7,9H2,(H,17,18). The number of H-pyrrole nitrogens is 1. The molecular weight excluding hydrogens is 238 g/mol. The zero-order valence-corrected chi connectivity index (χ0v) is 10.5. The first-order valence-electron chi connectivity index (χ1n) is 6.24. The van der Waals surface area contributed by atoms with Crippen molar-refractivity contribution in [2.75, 3.05) is 6.54 Å². The van der Waals surface area contributed by atoms with Gasteiger partial charge in [0.1, 0.15) is 11.5 Å². The number of aromatic nitrogens is 2. The van der Waals surface area contributed by atoms with Crippen molar-refractivity contribution in [3.8, 4) is 0 Å². The molecule has 1 aromatic heterocycles. The van der Waals surface area contributed by atoms with Crippen LogP contribution in [-0.4, -0.2) is 33.2 Å². The van der Waals surface area contributed by atoms with Crippen LogP contribution in [0.25, 0.3) is 0 Å². The number of fused-ring (bicyclic) bond motifs is 1. The summed E-state index contributed by atoms with van der Waals surface area (Å²) in [6.45, 7) is 1.39. The Morgan fingerprint density at radius 1 is 1.21 bits per heavy atom. The van der Waals surface area contributed by atoms with E-state index in [2.05, 4.69) is 10.2 Å². The lowest BCUT2D eigenvalue weighted by Gasteiger charge is -2.28. The number of rotatable bonds is 2. The summed E-state index contributed by atoms with van der Waals surface area (Å²) in [6.07, 6.45) is 2.72. The molecule has 5 nitrogen and oxygen atoms in total. The van der Waals surface area contributed by atoms with Crippen molar-refractivity contribution in [2.45, 2.75) is 13.0 Å². The molecule has 1 aliphatic rings. The molecule has 0 aliphatic carbocycles. The van der Waals surface area contributed by atoms with Gasteiger partial charge in [0.2, 0.25) is 0 Å². The van der Waals surface area contributed by atoms with Gasteiger partial charge >= 0.3 is 0 Å². The van der Waals surface area contributed by atoms with Crippen molar-refractivity contribution in [1.82, 2.24) is 15.1 Å². The highest BCUT2D eigenvalue weighted by Gasteiger charge is 2.22. The maximum absolute atomic E-state index is 8.19. The third-order valence-electron chi connectivity index (χ3n) is 3.42. The van der Waals surface area contributed by atoms with Gasteiger partial charge in [-0.1, -0.05) is 30.3 Å². The number of nitrogens with zero attached hydrogens (tertiary/aromatic N) is 2. The minimum Gasteiger partial charge on any atom is -0.349 e. The second-order valence-electron chi connectivity index (χ2n) is 4.63. The van der Waals surface area contributed by atoms with Crippen molar-refractivity contribution >= 4 is 11.5 Å². The molecule has 0 amide bonds. The first-order valence-corrected chi connectivity index (χ1v) is 6.24. The normalized spacial score (nSPS) is 14.0. The van der Waals surface area contributed by atoms with Crippen LogP contribution in [0.2, 0.25) is 0 Å². The number of hydrogen-bond acceptors (Lipinski definition) is 3. The number of aromatic amines is 1. The zero-order chi connectivity index (χ0) is 13.2. The van der Waals surface area contributed by atoms with E-state index in [1.165, 1.54) is 5.56 Å². The van der Waals surface area contributed by atoms with Crippen molar-refractivity contribution in [1.29, 1.82) is 10.8 Å². The van der Waals surface area contributed by atoms with Crippen molar-refractivity contribution in [3.63, 3.8) is 0 Å². The molecule has 2 aromatic rings. The van der Waals surface area contributed by atoms with Crippen LogP contribution >= 0.6 is 0 Å². The molecule has 96 valence electrons. The van der Waals surface area contributed by atoms with Crippen molar-refractivity contribution in [2.24, 2.45) is 0 Å². The van der Waals surface area contributed by atoms with Crippen molar-refractivity contribution in [3.05, 3.63) is 53.3 Å². The van der Waals surface area contributed by atoms with Crippen LogP contribution in [0.3, 0.4) is 0 Å². The van der Waals surface area contributed by atoms with E-state index in [4.69, 9.17) is 10.8 Å². The summed E-state index contributed by atoms with van der Waals surface area (Å²) in [7, 11) is 0. The number of amidine groups is 1. The lowest BCUT2D eigenvalue weighted by Crippen LogP contribution is -2.39. The highest BCUT2D eigenvalue weighted by molar-refractivity contribution is 6.45. The van der Waals surface area contributed by atoms with E-state index in [9.17, 15) is 0 Å². The second-order valence-corrected chi connectivity index (χ2v) is 4.63. The molecule has 2 heterocycles. The van der Waals surface area contributed by atoms with E-state index < -0.39 is 0 Å². The van der Waals surface area contributed by atoms with Crippen LogP contribution in [0, 0.1) is 10.8 Å². The van der Waals surface area contributed by atoms with Crippen LogP contribution in [0.5, 0.6) is 0 Å². The first kappa shape index (κ1) is 11.6. The maximum Gasteiger partial charge on any atom is 0.147 e. The topological polar surface area (TPSA) is 79.6 Å². The fourth-order valence-electron chi connectivity index (χ4n) is 2.31. The smallest absolute Gasteiger partial charge is 0.147 e. The average molecular weight is 253 g/mol. The van der Waals surface area contributed by atoms with E-state index in [0.717, 1.165) is 24.2 Å². The molecule has 1 aromatic carbocycles. The Bertz CT molecular complexity index is 614. The SMILES string of the molecule is N=C(C(=N)N1CCc2cn[nH]c2C1)c1ccccc1. The Morgan fingerprint density at radius 2 is 2.00 bits per heavy atom. The Kier molecular flexibility index (Phi) is 2.87. The lowest BCUT2D eigenvalue weighted by atomic mass is 10.0. The van der Waals surface area contributed by atoms with E-state index >= 15 is 0 Å². The van der Waals surface area contributed by atoms with E-state index in [1.807, 2.05) is 41.4 Å². The van der Waals surface area contributed by atoms with Gasteiger partial charge in [0.25, 0.3) is 0 Å². The van der Waals surface area contributed by atoms with Gasteiger partial charge in [-0.2, -0.15) is 5.10 Å². The molecule has 0 radical (unpaired) electrons. The number of benzene rings is 1. The summed E-state index contributed by atoms with van der Waals surface area (Å²) < 4.78 is 0. The third-order valence-corrected chi connectivity index (χ3v) is 3.42. The fourth-order valence-corrected chi connectivity index (χ4v) is 2.31. The molecule has 0 atom stereocenters. The van der Waals surface area contributed by atoms with Gasteiger partial charge in [0, 0.05) is 12.1 Å². The second kappa shape index (κ2) is 4.68. The largest absolute Gasteiger partial charge is 0.349 e. The Hall–Kier alpha value is -2.43. The summed E-state index contributed by atoms with van der Waals surface area (Å²) >= 11 is 0. The Balaban J connectivity index is 1.77. The van der Waals surface area contributed by atoms with Crippen LogP contribution in [0.15, 0.2) is 36.5 Å². The molecule has 0 saturated heterocycles. The van der Waals surface area contributed by atoms with Crippen molar-refractivity contribution < 1.29 is 0 Å². The molecule has 5 heteroatoms. The van der Waals surface area contributed by atoms with Gasteiger partial charge in [0.05, 0.1) is 18.4 Å².